The topological polar surface area (TPSA) is 9.23 Å². The molecule has 62 valence electrons. The summed E-state index contributed by atoms with van der Waals surface area (Å²) in [4.78, 5) is 0. The van der Waals surface area contributed by atoms with Crippen LogP contribution in [0.25, 0.3) is 6.08 Å². The van der Waals surface area contributed by atoms with Crippen molar-refractivity contribution in [1.82, 2.24) is 0 Å². The summed E-state index contributed by atoms with van der Waals surface area (Å²) in [5, 5.41) is 0. The van der Waals surface area contributed by atoms with Gasteiger partial charge in [0.1, 0.15) is 5.75 Å². The minimum absolute atomic E-state index is 0.876. The van der Waals surface area contributed by atoms with Gasteiger partial charge in [0.2, 0.25) is 0 Å². The zero-order chi connectivity index (χ0) is 8.81. The number of allylic oxidation sites excluding steroid dienone is 2. The zero-order valence-corrected chi connectivity index (χ0v) is 7.16. The van der Waals surface area contributed by atoms with Gasteiger partial charge in [0, 0.05) is 0 Å². The molecule has 1 aromatic carbocycles. The molecule has 0 spiro atoms. The molecule has 12 heavy (non-hydrogen) atoms. The summed E-state index contributed by atoms with van der Waals surface area (Å²) in [6.07, 6.45) is 5.63. The first-order valence-electron chi connectivity index (χ1n) is 3.80. The summed E-state index contributed by atoms with van der Waals surface area (Å²) in [5.41, 5.74) is 1.12. The van der Waals surface area contributed by atoms with Gasteiger partial charge in [-0.15, -0.1) is 0 Å². The number of rotatable bonds is 3. The molecule has 0 aliphatic carbocycles. The van der Waals surface area contributed by atoms with Crippen LogP contribution >= 0.6 is 0 Å². The van der Waals surface area contributed by atoms with E-state index in [0.717, 1.165) is 11.3 Å². The molecule has 1 nitrogen and oxygen atoms in total. The fraction of sp³-hybridized carbons (Fsp3) is 0.0909. The van der Waals surface area contributed by atoms with Crippen LogP contribution in [-0.2, 0) is 0 Å². The number of benzene rings is 1. The minimum Gasteiger partial charge on any atom is -0.497 e. The zero-order valence-electron chi connectivity index (χ0n) is 7.16. The second kappa shape index (κ2) is 4.39. The lowest BCUT2D eigenvalue weighted by molar-refractivity contribution is 0.414. The Balaban J connectivity index is 2.86. The van der Waals surface area contributed by atoms with Crippen LogP contribution in [0.4, 0.5) is 0 Å². The molecule has 1 rings (SSSR count). The van der Waals surface area contributed by atoms with E-state index in [1.54, 1.807) is 13.2 Å². The summed E-state index contributed by atoms with van der Waals surface area (Å²) in [7, 11) is 1.66. The van der Waals surface area contributed by atoms with Crippen LogP contribution in [0.2, 0.25) is 0 Å². The Bertz CT molecular complexity index is 287. The molecule has 0 aliphatic heterocycles. The lowest BCUT2D eigenvalue weighted by Gasteiger charge is -1.99. The van der Waals surface area contributed by atoms with Crippen molar-refractivity contribution < 1.29 is 4.74 Å². The van der Waals surface area contributed by atoms with Crippen LogP contribution in [0.5, 0.6) is 5.75 Å². The molecule has 0 amide bonds. The maximum atomic E-state index is 5.08. The summed E-state index contributed by atoms with van der Waals surface area (Å²) >= 11 is 0. The fourth-order valence-electron chi connectivity index (χ4n) is 0.924. The lowest BCUT2D eigenvalue weighted by Crippen LogP contribution is -1.81. The molecular formula is C11H12O. The highest BCUT2D eigenvalue weighted by atomic mass is 16.5. The van der Waals surface area contributed by atoms with Gasteiger partial charge >= 0.3 is 0 Å². The third kappa shape index (κ3) is 2.27. The van der Waals surface area contributed by atoms with Gasteiger partial charge in [-0.2, -0.15) is 0 Å². The predicted octanol–water partition coefficient (Wildman–Crippen LogP) is 2.89. The number of ether oxygens (including phenoxy) is 1. The average molecular weight is 160 g/mol. The van der Waals surface area contributed by atoms with Crippen LogP contribution in [0.1, 0.15) is 5.56 Å². The van der Waals surface area contributed by atoms with Gasteiger partial charge in [0.05, 0.1) is 7.11 Å². The second-order valence-corrected chi connectivity index (χ2v) is 2.37. The normalized spacial score (nSPS) is 10.1. The highest BCUT2D eigenvalue weighted by molar-refractivity contribution is 5.52. The SMILES string of the molecule is C=C/C=C/c1cccc(OC)c1. The molecule has 0 unspecified atom stereocenters. The highest BCUT2D eigenvalue weighted by Crippen LogP contribution is 2.13. The molecule has 0 radical (unpaired) electrons. The molecule has 0 saturated heterocycles. The maximum absolute atomic E-state index is 5.08. The van der Waals surface area contributed by atoms with Crippen LogP contribution < -0.4 is 4.74 Å². The Morgan fingerprint density at radius 3 is 2.92 bits per heavy atom. The van der Waals surface area contributed by atoms with Crippen molar-refractivity contribution >= 4 is 6.08 Å². The standard InChI is InChI=1S/C11H12O/c1-3-4-6-10-7-5-8-11(9-10)12-2/h3-9H,1H2,2H3/b6-4+. The third-order valence-corrected chi connectivity index (χ3v) is 1.52. The van der Waals surface area contributed by atoms with E-state index in [0.29, 0.717) is 0 Å². The van der Waals surface area contributed by atoms with E-state index in [1.807, 2.05) is 36.4 Å². The summed E-state index contributed by atoms with van der Waals surface area (Å²) in [5.74, 6) is 0.876. The van der Waals surface area contributed by atoms with Gasteiger partial charge in [-0.25, -0.2) is 0 Å². The van der Waals surface area contributed by atoms with E-state index in [2.05, 4.69) is 6.58 Å². The lowest BCUT2D eigenvalue weighted by atomic mass is 10.2. The molecular weight excluding hydrogens is 148 g/mol. The first-order valence-corrected chi connectivity index (χ1v) is 3.80. The molecule has 0 aromatic heterocycles. The van der Waals surface area contributed by atoms with E-state index in [-0.39, 0.29) is 0 Å². The molecule has 0 saturated carbocycles. The second-order valence-electron chi connectivity index (χ2n) is 2.37. The quantitative estimate of drug-likeness (QED) is 0.618. The number of hydrogen-bond donors (Lipinski definition) is 0. The van der Waals surface area contributed by atoms with E-state index in [1.165, 1.54) is 0 Å². The molecule has 0 bridgehead atoms. The predicted molar refractivity (Wildman–Crippen MR) is 52.2 cm³/mol. The van der Waals surface area contributed by atoms with E-state index in [9.17, 15) is 0 Å². The van der Waals surface area contributed by atoms with Gasteiger partial charge < -0.3 is 4.74 Å². The highest BCUT2D eigenvalue weighted by Gasteiger charge is 1.89. The fourth-order valence-corrected chi connectivity index (χ4v) is 0.924. The summed E-state index contributed by atoms with van der Waals surface area (Å²) in [6, 6.07) is 7.87. The van der Waals surface area contributed by atoms with Crippen molar-refractivity contribution in [3.05, 3.63) is 48.6 Å². The molecule has 1 aromatic rings. The molecule has 0 N–H and O–H groups in total. The Morgan fingerprint density at radius 2 is 2.25 bits per heavy atom. The summed E-state index contributed by atoms with van der Waals surface area (Å²) in [6.45, 7) is 3.60. The Labute approximate surface area is 73.0 Å². The third-order valence-electron chi connectivity index (χ3n) is 1.52. The Hall–Kier alpha value is -1.50. The molecule has 0 aliphatic rings. The minimum atomic E-state index is 0.876. The van der Waals surface area contributed by atoms with Gasteiger partial charge in [-0.1, -0.05) is 36.9 Å². The smallest absolute Gasteiger partial charge is 0.119 e. The summed E-state index contributed by atoms with van der Waals surface area (Å²) < 4.78 is 5.08. The van der Waals surface area contributed by atoms with Gasteiger partial charge in [-0.3, -0.25) is 0 Å². The van der Waals surface area contributed by atoms with Crippen LogP contribution in [-0.4, -0.2) is 7.11 Å². The van der Waals surface area contributed by atoms with Crippen LogP contribution in [0.3, 0.4) is 0 Å². The number of methoxy groups -OCH3 is 1. The molecule has 0 atom stereocenters. The van der Waals surface area contributed by atoms with Crippen molar-refractivity contribution in [3.63, 3.8) is 0 Å². The van der Waals surface area contributed by atoms with Crippen molar-refractivity contribution in [2.75, 3.05) is 7.11 Å². The molecule has 0 heterocycles. The van der Waals surface area contributed by atoms with Gasteiger partial charge in [-0.05, 0) is 17.7 Å². The van der Waals surface area contributed by atoms with Crippen molar-refractivity contribution in [2.24, 2.45) is 0 Å². The van der Waals surface area contributed by atoms with Crippen molar-refractivity contribution in [2.45, 2.75) is 0 Å². The first kappa shape index (κ1) is 8.60. The average Bonchev–Trinajstić information content (AvgIpc) is 2.15. The van der Waals surface area contributed by atoms with E-state index < -0.39 is 0 Å². The maximum Gasteiger partial charge on any atom is 0.119 e. The van der Waals surface area contributed by atoms with E-state index in [4.69, 9.17) is 4.74 Å². The van der Waals surface area contributed by atoms with Crippen LogP contribution in [0.15, 0.2) is 43.0 Å². The Morgan fingerprint density at radius 1 is 1.42 bits per heavy atom. The van der Waals surface area contributed by atoms with Crippen molar-refractivity contribution in [1.29, 1.82) is 0 Å². The molecule has 0 fully saturated rings. The van der Waals surface area contributed by atoms with Gasteiger partial charge in [0.25, 0.3) is 0 Å². The van der Waals surface area contributed by atoms with Gasteiger partial charge in [0.15, 0.2) is 0 Å². The Kier molecular flexibility index (Phi) is 3.15. The molecule has 1 heteroatoms. The van der Waals surface area contributed by atoms with E-state index >= 15 is 0 Å². The largest absolute Gasteiger partial charge is 0.497 e. The van der Waals surface area contributed by atoms with Crippen LogP contribution in [0, 0.1) is 0 Å². The van der Waals surface area contributed by atoms with Crippen molar-refractivity contribution in [3.8, 4) is 5.75 Å². The number of hydrogen-bond acceptors (Lipinski definition) is 1. The monoisotopic (exact) mass is 160 g/mol. The first-order chi connectivity index (χ1) is 5.86.